The molecule has 0 spiro atoms. The number of aromatic nitrogens is 3. The van der Waals surface area contributed by atoms with Crippen molar-refractivity contribution in [3.05, 3.63) is 64.6 Å². The first-order valence-electron chi connectivity index (χ1n) is 11.6. The van der Waals surface area contributed by atoms with Crippen molar-refractivity contribution in [2.75, 3.05) is 31.7 Å². The molecule has 3 aromatic rings. The Morgan fingerprint density at radius 2 is 2.09 bits per heavy atom. The summed E-state index contributed by atoms with van der Waals surface area (Å²) in [6, 6.07) is 9.03. The summed E-state index contributed by atoms with van der Waals surface area (Å²) >= 11 is 6.15. The second kappa shape index (κ2) is 9.74. The molecule has 2 aromatic heterocycles. The van der Waals surface area contributed by atoms with E-state index in [1.807, 2.05) is 42.1 Å². The molecule has 0 radical (unpaired) electrons. The minimum absolute atomic E-state index is 0.121. The van der Waals surface area contributed by atoms with Gasteiger partial charge in [-0.3, -0.25) is 4.79 Å². The third kappa shape index (κ3) is 4.53. The molecule has 2 N–H and O–H groups in total. The Labute approximate surface area is 203 Å². The van der Waals surface area contributed by atoms with E-state index in [4.69, 9.17) is 21.3 Å². The number of ether oxygens (including phenoxy) is 1. The van der Waals surface area contributed by atoms with Crippen LogP contribution in [-0.4, -0.2) is 62.9 Å². The summed E-state index contributed by atoms with van der Waals surface area (Å²) in [4.78, 5) is 24.4. The number of amides is 1. The van der Waals surface area contributed by atoms with Crippen LogP contribution >= 0.6 is 11.6 Å². The van der Waals surface area contributed by atoms with Crippen LogP contribution < -0.4 is 5.32 Å². The molecule has 1 atom stereocenters. The molecule has 178 valence electrons. The lowest BCUT2D eigenvalue weighted by molar-refractivity contribution is 0.0526. The van der Waals surface area contributed by atoms with Crippen molar-refractivity contribution in [3.8, 4) is 11.3 Å². The molecule has 1 aromatic carbocycles. The summed E-state index contributed by atoms with van der Waals surface area (Å²) in [6.45, 7) is 4.41. The summed E-state index contributed by atoms with van der Waals surface area (Å²) in [5.74, 6) is 0.467. The largest absolute Gasteiger partial charge is 0.394 e. The molecule has 0 aliphatic carbocycles. The SMILES string of the molecule is Cc1cnc(NC2CCOCC2)nc1-c1cc2n(c1)CCN([C@H](CO)c1cccc(Cl)c1)C2=O. The highest BCUT2D eigenvalue weighted by atomic mass is 35.5. The number of aryl methyl sites for hydroxylation is 1. The molecule has 1 amide bonds. The van der Waals surface area contributed by atoms with E-state index in [-0.39, 0.29) is 12.5 Å². The molecule has 2 aliphatic rings. The molecular weight excluding hydrogens is 454 g/mol. The minimum atomic E-state index is -0.450. The Bertz CT molecular complexity index is 1190. The average molecular weight is 482 g/mol. The topological polar surface area (TPSA) is 92.5 Å². The highest BCUT2D eigenvalue weighted by molar-refractivity contribution is 6.30. The maximum absolute atomic E-state index is 13.4. The van der Waals surface area contributed by atoms with Gasteiger partial charge in [0.1, 0.15) is 5.69 Å². The third-order valence-corrected chi connectivity index (χ3v) is 6.78. The van der Waals surface area contributed by atoms with Crippen molar-refractivity contribution in [2.45, 2.75) is 38.4 Å². The zero-order valence-corrected chi connectivity index (χ0v) is 19.8. The number of halogens is 1. The molecular formula is C25H28ClN5O3. The average Bonchev–Trinajstić information content (AvgIpc) is 3.28. The van der Waals surface area contributed by atoms with Crippen molar-refractivity contribution < 1.29 is 14.6 Å². The standard InChI is InChI=1S/C25H28ClN5O3/c1-16-13-27-25(28-20-5-9-34-10-6-20)29-23(16)18-12-21-24(33)31(8-7-30(21)14-18)22(15-32)17-3-2-4-19(26)11-17/h2-4,11-14,20,22,32H,5-10,15H2,1H3,(H,27,28,29)/t22-/m1/s1. The van der Waals surface area contributed by atoms with E-state index < -0.39 is 6.04 Å². The van der Waals surface area contributed by atoms with Crippen LogP contribution in [0.2, 0.25) is 5.02 Å². The first kappa shape index (κ1) is 22.8. The van der Waals surface area contributed by atoms with E-state index in [1.54, 1.807) is 17.0 Å². The van der Waals surface area contributed by atoms with E-state index in [2.05, 4.69) is 10.3 Å². The fourth-order valence-corrected chi connectivity index (χ4v) is 4.89. The molecule has 5 rings (SSSR count). The van der Waals surface area contributed by atoms with Gasteiger partial charge in [-0.1, -0.05) is 23.7 Å². The van der Waals surface area contributed by atoms with E-state index in [1.165, 1.54) is 0 Å². The molecule has 0 bridgehead atoms. The molecule has 0 unspecified atom stereocenters. The Kier molecular flexibility index (Phi) is 6.54. The molecule has 9 heteroatoms. The van der Waals surface area contributed by atoms with Crippen LogP contribution in [0.3, 0.4) is 0 Å². The molecule has 0 saturated carbocycles. The van der Waals surface area contributed by atoms with E-state index in [9.17, 15) is 9.90 Å². The number of aliphatic hydroxyl groups is 1. The summed E-state index contributed by atoms with van der Waals surface area (Å²) in [7, 11) is 0. The monoisotopic (exact) mass is 481 g/mol. The number of hydrogen-bond acceptors (Lipinski definition) is 6. The van der Waals surface area contributed by atoms with Crippen molar-refractivity contribution in [3.63, 3.8) is 0 Å². The van der Waals surface area contributed by atoms with Gasteiger partial charge in [0.25, 0.3) is 5.91 Å². The van der Waals surface area contributed by atoms with Crippen LogP contribution in [0.4, 0.5) is 5.95 Å². The number of aliphatic hydroxyl groups excluding tert-OH is 1. The molecule has 1 saturated heterocycles. The Morgan fingerprint density at radius 3 is 2.85 bits per heavy atom. The van der Waals surface area contributed by atoms with Crippen molar-refractivity contribution in [2.24, 2.45) is 0 Å². The normalized spacial score (nSPS) is 17.5. The van der Waals surface area contributed by atoms with Gasteiger partial charge < -0.3 is 24.6 Å². The van der Waals surface area contributed by atoms with Gasteiger partial charge in [0.2, 0.25) is 5.95 Å². The number of carbonyl (C=O) groups excluding carboxylic acids is 1. The lowest BCUT2D eigenvalue weighted by Gasteiger charge is -2.34. The number of benzene rings is 1. The van der Waals surface area contributed by atoms with Crippen LogP contribution in [0, 0.1) is 6.92 Å². The van der Waals surface area contributed by atoms with Crippen LogP contribution in [-0.2, 0) is 11.3 Å². The van der Waals surface area contributed by atoms with Gasteiger partial charge >= 0.3 is 0 Å². The van der Waals surface area contributed by atoms with Crippen LogP contribution in [0.5, 0.6) is 0 Å². The van der Waals surface area contributed by atoms with E-state index >= 15 is 0 Å². The fraction of sp³-hybridized carbons (Fsp3) is 0.400. The third-order valence-electron chi connectivity index (χ3n) is 6.54. The van der Waals surface area contributed by atoms with Crippen molar-refractivity contribution in [1.82, 2.24) is 19.4 Å². The predicted octanol–water partition coefficient (Wildman–Crippen LogP) is 3.69. The first-order chi connectivity index (χ1) is 16.5. The zero-order chi connectivity index (χ0) is 23.7. The number of nitrogens with one attached hydrogen (secondary N) is 1. The molecule has 34 heavy (non-hydrogen) atoms. The fourth-order valence-electron chi connectivity index (χ4n) is 4.69. The Morgan fingerprint density at radius 1 is 1.26 bits per heavy atom. The molecule has 2 aliphatic heterocycles. The van der Waals surface area contributed by atoms with Crippen LogP contribution in [0.15, 0.2) is 42.7 Å². The maximum Gasteiger partial charge on any atom is 0.271 e. The second-order valence-corrected chi connectivity index (χ2v) is 9.25. The highest BCUT2D eigenvalue weighted by Crippen LogP contribution is 2.31. The second-order valence-electron chi connectivity index (χ2n) is 8.82. The summed E-state index contributed by atoms with van der Waals surface area (Å²) in [6.07, 6.45) is 5.65. The van der Waals surface area contributed by atoms with Gasteiger partial charge in [-0.05, 0) is 49.1 Å². The van der Waals surface area contributed by atoms with Crippen LogP contribution in [0.25, 0.3) is 11.3 Å². The zero-order valence-electron chi connectivity index (χ0n) is 19.1. The number of fused-ring (bicyclic) bond motifs is 1. The van der Waals surface area contributed by atoms with E-state index in [0.29, 0.717) is 35.8 Å². The smallest absolute Gasteiger partial charge is 0.271 e. The highest BCUT2D eigenvalue weighted by Gasteiger charge is 2.32. The number of rotatable bonds is 6. The quantitative estimate of drug-likeness (QED) is 0.558. The number of anilines is 1. The van der Waals surface area contributed by atoms with Crippen LogP contribution in [0.1, 0.15) is 40.5 Å². The maximum atomic E-state index is 13.4. The molecule has 1 fully saturated rings. The van der Waals surface area contributed by atoms with Gasteiger partial charge in [-0.15, -0.1) is 0 Å². The number of hydrogen-bond donors (Lipinski definition) is 2. The van der Waals surface area contributed by atoms with E-state index in [0.717, 1.165) is 48.4 Å². The van der Waals surface area contributed by atoms with Crippen molar-refractivity contribution in [1.29, 1.82) is 0 Å². The lowest BCUT2D eigenvalue weighted by Crippen LogP contribution is -2.43. The molecule has 4 heterocycles. The van der Waals surface area contributed by atoms with Gasteiger partial charge in [0, 0.05) is 55.3 Å². The van der Waals surface area contributed by atoms with Gasteiger partial charge in [0.05, 0.1) is 18.3 Å². The minimum Gasteiger partial charge on any atom is -0.394 e. The lowest BCUT2D eigenvalue weighted by atomic mass is 10.0. The van der Waals surface area contributed by atoms with Gasteiger partial charge in [-0.2, -0.15) is 0 Å². The predicted molar refractivity (Wildman–Crippen MR) is 130 cm³/mol. The Balaban J connectivity index is 1.41. The Hall–Kier alpha value is -2.94. The molecule has 8 nitrogen and oxygen atoms in total. The summed E-state index contributed by atoms with van der Waals surface area (Å²) in [5, 5.41) is 14.1. The summed E-state index contributed by atoms with van der Waals surface area (Å²) < 4.78 is 7.40. The summed E-state index contributed by atoms with van der Waals surface area (Å²) in [5.41, 5.74) is 4.03. The first-order valence-corrected chi connectivity index (χ1v) is 12.0. The number of nitrogens with zero attached hydrogens (tertiary/aromatic N) is 4. The van der Waals surface area contributed by atoms with Gasteiger partial charge in [0.15, 0.2) is 0 Å². The number of carbonyl (C=O) groups is 1. The van der Waals surface area contributed by atoms with Gasteiger partial charge in [-0.25, -0.2) is 9.97 Å². The van der Waals surface area contributed by atoms with Crippen molar-refractivity contribution >= 4 is 23.5 Å².